The highest BCUT2D eigenvalue weighted by Gasteiger charge is 2.35. The van der Waals surface area contributed by atoms with Gasteiger partial charge >= 0.3 is 6.18 Å². The molecule has 3 aromatic heterocycles. The Morgan fingerprint density at radius 2 is 1.90 bits per heavy atom. The van der Waals surface area contributed by atoms with Crippen LogP contribution in [0, 0.1) is 0 Å². The second-order valence-corrected chi connectivity index (χ2v) is 8.05. The SMILES string of the molecule is CN(C(=O)c1ccc(C(F)(F)F)nc1)C1CN(c2ccc3nnc(C4CCC4)n3n2)C1. The Morgan fingerprint density at radius 1 is 1.13 bits per heavy atom. The van der Waals surface area contributed by atoms with Gasteiger partial charge in [0.2, 0.25) is 0 Å². The quantitative estimate of drug-likeness (QED) is 0.632. The maximum Gasteiger partial charge on any atom is 0.433 e. The van der Waals surface area contributed by atoms with Gasteiger partial charge in [-0.2, -0.15) is 17.7 Å². The van der Waals surface area contributed by atoms with Gasteiger partial charge in [0.1, 0.15) is 11.5 Å². The third kappa shape index (κ3) is 3.47. The van der Waals surface area contributed by atoms with Crippen LogP contribution in [0.1, 0.15) is 47.1 Å². The number of carbonyl (C=O) groups excluding carboxylic acids is 1. The third-order valence-corrected chi connectivity index (χ3v) is 6.10. The highest BCUT2D eigenvalue weighted by Crippen LogP contribution is 2.35. The Morgan fingerprint density at radius 3 is 2.52 bits per heavy atom. The van der Waals surface area contributed by atoms with E-state index in [1.807, 2.05) is 17.0 Å². The lowest BCUT2D eigenvalue weighted by Crippen LogP contribution is -2.60. The second-order valence-electron chi connectivity index (χ2n) is 8.05. The summed E-state index contributed by atoms with van der Waals surface area (Å²) in [6.45, 7) is 1.16. The lowest BCUT2D eigenvalue weighted by Gasteiger charge is -2.44. The van der Waals surface area contributed by atoms with Crippen molar-refractivity contribution >= 4 is 17.4 Å². The number of amides is 1. The maximum absolute atomic E-state index is 12.7. The van der Waals surface area contributed by atoms with Gasteiger partial charge in [-0.05, 0) is 37.1 Å². The van der Waals surface area contributed by atoms with Crippen LogP contribution in [0.2, 0.25) is 0 Å². The van der Waals surface area contributed by atoms with Crippen LogP contribution in [0.25, 0.3) is 5.65 Å². The Labute approximate surface area is 175 Å². The second kappa shape index (κ2) is 7.17. The summed E-state index contributed by atoms with van der Waals surface area (Å²) in [5.41, 5.74) is -0.175. The Kier molecular flexibility index (Phi) is 4.56. The predicted octanol–water partition coefficient (Wildman–Crippen LogP) is 2.77. The average molecular weight is 431 g/mol. The monoisotopic (exact) mass is 431 g/mol. The van der Waals surface area contributed by atoms with Crippen molar-refractivity contribution < 1.29 is 18.0 Å². The molecule has 162 valence electrons. The van der Waals surface area contributed by atoms with E-state index in [-0.39, 0.29) is 17.5 Å². The van der Waals surface area contributed by atoms with Crippen molar-refractivity contribution in [1.82, 2.24) is 29.7 Å². The first-order valence-corrected chi connectivity index (χ1v) is 10.1. The highest BCUT2D eigenvalue weighted by molar-refractivity contribution is 5.94. The van der Waals surface area contributed by atoms with E-state index < -0.39 is 11.9 Å². The molecule has 0 atom stereocenters. The van der Waals surface area contributed by atoms with Gasteiger partial charge in [-0.1, -0.05) is 6.42 Å². The van der Waals surface area contributed by atoms with E-state index in [1.54, 1.807) is 11.6 Å². The molecule has 0 N–H and O–H groups in total. The van der Waals surface area contributed by atoms with Crippen LogP contribution >= 0.6 is 0 Å². The van der Waals surface area contributed by atoms with Crippen molar-refractivity contribution in [3.63, 3.8) is 0 Å². The summed E-state index contributed by atoms with van der Waals surface area (Å²) < 4.78 is 39.8. The summed E-state index contributed by atoms with van der Waals surface area (Å²) >= 11 is 0. The Balaban J connectivity index is 1.25. The van der Waals surface area contributed by atoms with E-state index in [0.717, 1.165) is 42.8 Å². The van der Waals surface area contributed by atoms with Gasteiger partial charge in [0.05, 0.1) is 11.6 Å². The zero-order chi connectivity index (χ0) is 21.8. The molecule has 0 bridgehead atoms. The molecule has 1 saturated carbocycles. The largest absolute Gasteiger partial charge is 0.433 e. The van der Waals surface area contributed by atoms with Gasteiger partial charge in [-0.15, -0.1) is 15.3 Å². The molecule has 0 unspecified atom stereocenters. The number of fused-ring (bicyclic) bond motifs is 1. The van der Waals surface area contributed by atoms with Gasteiger partial charge in [0.25, 0.3) is 5.91 Å². The molecular weight excluding hydrogens is 411 g/mol. The van der Waals surface area contributed by atoms with E-state index >= 15 is 0 Å². The van der Waals surface area contributed by atoms with Gasteiger partial charge in [0.15, 0.2) is 11.5 Å². The zero-order valence-electron chi connectivity index (χ0n) is 16.7. The number of alkyl halides is 3. The average Bonchev–Trinajstić information content (AvgIpc) is 3.07. The third-order valence-electron chi connectivity index (χ3n) is 6.10. The van der Waals surface area contributed by atoms with Gasteiger partial charge in [0, 0.05) is 32.3 Å². The minimum Gasteiger partial charge on any atom is -0.351 e. The Hall–Kier alpha value is -3.24. The lowest BCUT2D eigenvalue weighted by molar-refractivity contribution is -0.141. The van der Waals surface area contributed by atoms with Crippen molar-refractivity contribution in [1.29, 1.82) is 0 Å². The summed E-state index contributed by atoms with van der Waals surface area (Å²) in [5.74, 6) is 1.71. The summed E-state index contributed by atoms with van der Waals surface area (Å²) in [4.78, 5) is 19.6. The maximum atomic E-state index is 12.7. The normalized spacial score (nSPS) is 17.5. The minimum absolute atomic E-state index is 0.0701. The van der Waals surface area contributed by atoms with E-state index in [1.165, 1.54) is 11.3 Å². The van der Waals surface area contributed by atoms with Crippen LogP contribution in [0.4, 0.5) is 19.0 Å². The van der Waals surface area contributed by atoms with Crippen LogP contribution in [0.5, 0.6) is 0 Å². The summed E-state index contributed by atoms with van der Waals surface area (Å²) in [7, 11) is 1.65. The molecule has 1 saturated heterocycles. The van der Waals surface area contributed by atoms with Crippen LogP contribution in [-0.2, 0) is 6.18 Å². The molecule has 8 nitrogen and oxygen atoms in total. The van der Waals surface area contributed by atoms with E-state index in [9.17, 15) is 18.0 Å². The number of nitrogens with zero attached hydrogens (tertiary/aromatic N) is 7. The smallest absolute Gasteiger partial charge is 0.351 e. The van der Waals surface area contributed by atoms with Crippen LogP contribution in [0.3, 0.4) is 0 Å². The van der Waals surface area contributed by atoms with Crippen molar-refractivity contribution in [3.8, 4) is 0 Å². The number of anilines is 1. The molecule has 3 aromatic rings. The first kappa shape index (κ1) is 19.7. The number of pyridine rings is 1. The first-order chi connectivity index (χ1) is 14.8. The number of carbonyl (C=O) groups is 1. The molecule has 1 amide bonds. The molecule has 2 fully saturated rings. The van der Waals surface area contributed by atoms with Gasteiger partial charge in [-0.3, -0.25) is 9.78 Å². The lowest BCUT2D eigenvalue weighted by atomic mass is 9.85. The van der Waals surface area contributed by atoms with E-state index in [4.69, 9.17) is 0 Å². The first-order valence-electron chi connectivity index (χ1n) is 10.1. The topological polar surface area (TPSA) is 79.5 Å². The molecule has 1 aliphatic heterocycles. The predicted molar refractivity (Wildman–Crippen MR) is 105 cm³/mol. The fraction of sp³-hybridized carbons (Fsp3) is 0.450. The van der Waals surface area contributed by atoms with E-state index in [2.05, 4.69) is 20.3 Å². The highest BCUT2D eigenvalue weighted by atomic mass is 19.4. The molecule has 11 heteroatoms. The molecule has 4 heterocycles. The summed E-state index contributed by atoms with van der Waals surface area (Å²) in [5, 5.41) is 13.2. The number of hydrogen-bond donors (Lipinski definition) is 0. The molecular formula is C20H20F3N7O. The van der Waals surface area contributed by atoms with Crippen molar-refractivity contribution in [2.75, 3.05) is 25.0 Å². The number of aromatic nitrogens is 5. The van der Waals surface area contributed by atoms with Crippen molar-refractivity contribution in [3.05, 3.63) is 47.5 Å². The molecule has 31 heavy (non-hydrogen) atoms. The van der Waals surface area contributed by atoms with Crippen molar-refractivity contribution in [2.24, 2.45) is 0 Å². The molecule has 0 aromatic carbocycles. The Bertz CT molecular complexity index is 1120. The molecule has 0 radical (unpaired) electrons. The fourth-order valence-electron chi connectivity index (χ4n) is 3.83. The van der Waals surface area contributed by atoms with Crippen LogP contribution in [-0.4, -0.2) is 61.8 Å². The van der Waals surface area contributed by atoms with E-state index in [0.29, 0.717) is 24.7 Å². The molecule has 1 aliphatic carbocycles. The van der Waals surface area contributed by atoms with Gasteiger partial charge in [-0.25, -0.2) is 0 Å². The fourth-order valence-corrected chi connectivity index (χ4v) is 3.83. The molecule has 5 rings (SSSR count). The number of hydrogen-bond acceptors (Lipinski definition) is 6. The molecule has 0 spiro atoms. The van der Waals surface area contributed by atoms with Crippen LogP contribution in [0.15, 0.2) is 30.5 Å². The zero-order valence-corrected chi connectivity index (χ0v) is 16.7. The summed E-state index contributed by atoms with van der Waals surface area (Å²) in [6, 6.07) is 5.68. The standard InChI is InChI=1S/C20H20F3N7O/c1-28(19(31)13-5-6-15(24-9-13)20(21,22)23)14-10-29(11-14)17-8-7-16-25-26-18(30(16)27-17)12-3-2-4-12/h5-9,12,14H,2-4,10-11H2,1H3. The number of halogens is 3. The van der Waals surface area contributed by atoms with Gasteiger partial charge < -0.3 is 9.80 Å². The molecule has 2 aliphatic rings. The number of likely N-dealkylation sites (N-methyl/N-ethyl adjacent to an activating group) is 1. The number of rotatable bonds is 4. The van der Waals surface area contributed by atoms with Crippen LogP contribution < -0.4 is 4.90 Å². The summed E-state index contributed by atoms with van der Waals surface area (Å²) in [6.07, 6.45) is -0.156. The minimum atomic E-state index is -4.53. The van der Waals surface area contributed by atoms with Crippen molar-refractivity contribution in [2.45, 2.75) is 37.4 Å².